The number of aryl methyl sites for hydroxylation is 1. The zero-order chi connectivity index (χ0) is 14.6. The highest BCUT2D eigenvalue weighted by Gasteiger charge is 2.39. The Morgan fingerprint density at radius 1 is 1.10 bits per heavy atom. The summed E-state index contributed by atoms with van der Waals surface area (Å²) in [5, 5.41) is 9.75. The van der Waals surface area contributed by atoms with Gasteiger partial charge in [0, 0.05) is 6.54 Å². The molecule has 3 N–H and O–H groups in total. The SMILES string of the molecule is Cc1ccccc1CC(CN)(C(=O)O)c1ccccc1. The van der Waals surface area contributed by atoms with E-state index in [2.05, 4.69) is 0 Å². The molecule has 0 saturated carbocycles. The Morgan fingerprint density at radius 2 is 1.70 bits per heavy atom. The highest BCUT2D eigenvalue weighted by molar-refractivity contribution is 5.82. The number of hydrogen-bond donors (Lipinski definition) is 2. The molecule has 0 heterocycles. The molecule has 0 amide bonds. The maximum Gasteiger partial charge on any atom is 0.315 e. The number of carbonyl (C=O) groups is 1. The molecule has 0 aliphatic heterocycles. The zero-order valence-corrected chi connectivity index (χ0v) is 11.5. The summed E-state index contributed by atoms with van der Waals surface area (Å²) in [5.41, 5.74) is 7.63. The van der Waals surface area contributed by atoms with Crippen molar-refractivity contribution in [3.8, 4) is 0 Å². The lowest BCUT2D eigenvalue weighted by Crippen LogP contribution is -2.45. The molecule has 2 rings (SSSR count). The lowest BCUT2D eigenvalue weighted by molar-refractivity contribution is -0.143. The smallest absolute Gasteiger partial charge is 0.315 e. The van der Waals surface area contributed by atoms with Gasteiger partial charge in [-0.2, -0.15) is 0 Å². The van der Waals surface area contributed by atoms with Gasteiger partial charge in [0.2, 0.25) is 0 Å². The number of hydrogen-bond acceptors (Lipinski definition) is 2. The van der Waals surface area contributed by atoms with E-state index < -0.39 is 11.4 Å². The largest absolute Gasteiger partial charge is 0.481 e. The van der Waals surface area contributed by atoms with Crippen LogP contribution in [0.5, 0.6) is 0 Å². The Labute approximate surface area is 119 Å². The van der Waals surface area contributed by atoms with Crippen molar-refractivity contribution in [1.82, 2.24) is 0 Å². The third kappa shape index (κ3) is 2.58. The van der Waals surface area contributed by atoms with E-state index in [-0.39, 0.29) is 6.54 Å². The minimum absolute atomic E-state index is 0.0701. The summed E-state index contributed by atoms with van der Waals surface area (Å²) >= 11 is 0. The lowest BCUT2D eigenvalue weighted by Gasteiger charge is -2.29. The predicted octanol–water partition coefficient (Wildman–Crippen LogP) is 2.52. The first-order valence-corrected chi connectivity index (χ1v) is 6.63. The molecule has 104 valence electrons. The van der Waals surface area contributed by atoms with Crippen LogP contribution in [0.4, 0.5) is 0 Å². The molecule has 0 saturated heterocycles. The van der Waals surface area contributed by atoms with Gasteiger partial charge in [0.05, 0.1) is 0 Å². The average Bonchev–Trinajstić information content (AvgIpc) is 2.47. The lowest BCUT2D eigenvalue weighted by atomic mass is 9.75. The first-order valence-electron chi connectivity index (χ1n) is 6.63. The molecule has 0 aliphatic carbocycles. The molecule has 20 heavy (non-hydrogen) atoms. The Hall–Kier alpha value is -2.13. The molecule has 0 bridgehead atoms. The molecule has 1 unspecified atom stereocenters. The molecule has 0 aromatic heterocycles. The summed E-state index contributed by atoms with van der Waals surface area (Å²) in [4.78, 5) is 11.9. The predicted molar refractivity (Wildman–Crippen MR) is 79.7 cm³/mol. The number of carboxylic acids is 1. The summed E-state index contributed by atoms with van der Waals surface area (Å²) in [6.07, 6.45) is 0.398. The molecule has 3 heteroatoms. The maximum absolute atomic E-state index is 11.9. The molecule has 3 nitrogen and oxygen atoms in total. The highest BCUT2D eigenvalue weighted by Crippen LogP contribution is 2.29. The van der Waals surface area contributed by atoms with Crippen LogP contribution in [0, 0.1) is 6.92 Å². The molecular weight excluding hydrogens is 250 g/mol. The summed E-state index contributed by atoms with van der Waals surface area (Å²) < 4.78 is 0. The van der Waals surface area contributed by atoms with Gasteiger partial charge in [0.1, 0.15) is 5.41 Å². The van der Waals surface area contributed by atoms with E-state index in [1.54, 1.807) is 0 Å². The fourth-order valence-corrected chi connectivity index (χ4v) is 2.47. The van der Waals surface area contributed by atoms with Crippen LogP contribution in [-0.4, -0.2) is 17.6 Å². The fourth-order valence-electron chi connectivity index (χ4n) is 2.47. The van der Waals surface area contributed by atoms with Crippen LogP contribution in [0.2, 0.25) is 0 Å². The van der Waals surface area contributed by atoms with Gasteiger partial charge >= 0.3 is 5.97 Å². The fraction of sp³-hybridized carbons (Fsp3) is 0.235. The van der Waals surface area contributed by atoms with Crippen molar-refractivity contribution in [2.24, 2.45) is 5.73 Å². The number of benzene rings is 2. The number of rotatable bonds is 5. The van der Waals surface area contributed by atoms with E-state index in [1.165, 1.54) is 0 Å². The quantitative estimate of drug-likeness (QED) is 0.876. The molecule has 0 aliphatic rings. The van der Waals surface area contributed by atoms with E-state index >= 15 is 0 Å². The van der Waals surface area contributed by atoms with E-state index in [4.69, 9.17) is 5.73 Å². The van der Waals surface area contributed by atoms with E-state index in [9.17, 15) is 9.90 Å². The summed E-state index contributed by atoms with van der Waals surface area (Å²) in [7, 11) is 0. The van der Waals surface area contributed by atoms with Crippen LogP contribution < -0.4 is 5.73 Å². The molecule has 2 aromatic rings. The highest BCUT2D eigenvalue weighted by atomic mass is 16.4. The summed E-state index contributed by atoms with van der Waals surface area (Å²) in [5.74, 6) is -0.880. The normalized spacial score (nSPS) is 13.7. The molecule has 0 fully saturated rings. The van der Waals surface area contributed by atoms with Crippen molar-refractivity contribution >= 4 is 5.97 Å². The van der Waals surface area contributed by atoms with Gasteiger partial charge in [0.15, 0.2) is 0 Å². The molecule has 0 spiro atoms. The monoisotopic (exact) mass is 269 g/mol. The van der Waals surface area contributed by atoms with Crippen LogP contribution in [-0.2, 0) is 16.6 Å². The minimum atomic E-state index is -1.08. The van der Waals surface area contributed by atoms with Gasteiger partial charge < -0.3 is 10.8 Å². The van der Waals surface area contributed by atoms with Crippen LogP contribution in [0.1, 0.15) is 16.7 Å². The number of nitrogens with two attached hydrogens (primary N) is 1. The van der Waals surface area contributed by atoms with Crippen molar-refractivity contribution in [2.45, 2.75) is 18.8 Å². The van der Waals surface area contributed by atoms with E-state index in [0.29, 0.717) is 6.42 Å². The summed E-state index contributed by atoms with van der Waals surface area (Å²) in [6, 6.07) is 17.1. The topological polar surface area (TPSA) is 63.3 Å². The van der Waals surface area contributed by atoms with Gasteiger partial charge in [-0.1, -0.05) is 54.6 Å². The third-order valence-electron chi connectivity index (χ3n) is 3.84. The average molecular weight is 269 g/mol. The van der Waals surface area contributed by atoms with Crippen molar-refractivity contribution < 1.29 is 9.90 Å². The van der Waals surface area contributed by atoms with Crippen LogP contribution in [0.3, 0.4) is 0 Å². The number of carboxylic acid groups (broad SMARTS) is 1. The molecular formula is C17H19NO2. The molecule has 2 aromatic carbocycles. The molecule has 0 radical (unpaired) electrons. The third-order valence-corrected chi connectivity index (χ3v) is 3.84. The second-order valence-electron chi connectivity index (χ2n) is 5.06. The maximum atomic E-state index is 11.9. The Bertz CT molecular complexity index is 595. The standard InChI is InChI=1S/C17H19NO2/c1-13-7-5-6-8-14(13)11-17(12-18,16(19)20)15-9-3-2-4-10-15/h2-10H,11-12,18H2,1H3,(H,19,20). The zero-order valence-electron chi connectivity index (χ0n) is 11.5. The van der Waals surface area contributed by atoms with Crippen molar-refractivity contribution in [2.75, 3.05) is 6.54 Å². The van der Waals surface area contributed by atoms with E-state index in [0.717, 1.165) is 16.7 Å². The summed E-state index contributed by atoms with van der Waals surface area (Å²) in [6.45, 7) is 2.06. The van der Waals surface area contributed by atoms with Crippen molar-refractivity contribution in [3.63, 3.8) is 0 Å². The Balaban J connectivity index is 2.49. The second kappa shape index (κ2) is 5.88. The first kappa shape index (κ1) is 14.3. The molecule has 1 atom stereocenters. The van der Waals surface area contributed by atoms with E-state index in [1.807, 2.05) is 61.5 Å². The van der Waals surface area contributed by atoms with Gasteiger partial charge in [0.25, 0.3) is 0 Å². The Morgan fingerprint density at radius 3 is 2.25 bits per heavy atom. The van der Waals surface area contributed by atoms with Crippen LogP contribution in [0.25, 0.3) is 0 Å². The van der Waals surface area contributed by atoms with Crippen LogP contribution >= 0.6 is 0 Å². The van der Waals surface area contributed by atoms with Gasteiger partial charge in [-0.15, -0.1) is 0 Å². The Kier molecular flexibility index (Phi) is 4.20. The minimum Gasteiger partial charge on any atom is -0.481 e. The van der Waals surface area contributed by atoms with Crippen molar-refractivity contribution in [3.05, 3.63) is 71.3 Å². The second-order valence-corrected chi connectivity index (χ2v) is 5.06. The van der Waals surface area contributed by atoms with Gasteiger partial charge in [-0.25, -0.2) is 0 Å². The van der Waals surface area contributed by atoms with Gasteiger partial charge in [-0.3, -0.25) is 4.79 Å². The van der Waals surface area contributed by atoms with Crippen molar-refractivity contribution in [1.29, 1.82) is 0 Å². The van der Waals surface area contributed by atoms with Gasteiger partial charge in [-0.05, 0) is 30.0 Å². The first-order chi connectivity index (χ1) is 9.60. The van der Waals surface area contributed by atoms with Crippen LogP contribution in [0.15, 0.2) is 54.6 Å². The number of aliphatic carboxylic acids is 1.